The second-order valence-electron chi connectivity index (χ2n) is 8.40. The molecule has 0 aliphatic rings. The van der Waals surface area contributed by atoms with Gasteiger partial charge in [0.25, 0.3) is 11.4 Å². The average Bonchev–Trinajstić information content (AvgIpc) is 3.53. The first-order valence-electron chi connectivity index (χ1n) is 12.3. The highest BCUT2D eigenvalue weighted by Gasteiger charge is 2.14. The maximum absolute atomic E-state index is 13.9. The first kappa shape index (κ1) is 32.2. The van der Waals surface area contributed by atoms with Gasteiger partial charge in [-0.05, 0) is 36.4 Å². The van der Waals surface area contributed by atoms with Crippen LogP contribution in [0.4, 0.5) is 25.8 Å². The summed E-state index contributed by atoms with van der Waals surface area (Å²) in [5, 5.41) is 24.8. The fourth-order valence-corrected chi connectivity index (χ4v) is 3.39. The van der Waals surface area contributed by atoms with Crippen LogP contribution in [0.15, 0.2) is 97.6 Å². The smallest absolute Gasteiger partial charge is 0.272 e. The molecule has 0 spiro atoms. The van der Waals surface area contributed by atoms with Crippen molar-refractivity contribution >= 4 is 29.6 Å². The molecule has 5 aromatic rings. The number of rotatable bonds is 8. The van der Waals surface area contributed by atoms with Crippen molar-refractivity contribution in [2.24, 2.45) is 5.84 Å². The Labute approximate surface area is 247 Å². The minimum absolute atomic E-state index is 0.0283. The van der Waals surface area contributed by atoms with E-state index in [1.165, 1.54) is 22.9 Å². The molecule has 0 saturated heterocycles. The molecule has 16 heteroatoms. The van der Waals surface area contributed by atoms with Gasteiger partial charge in [-0.3, -0.25) is 36.0 Å². The topological polar surface area (TPSA) is 202 Å². The van der Waals surface area contributed by atoms with Crippen molar-refractivity contribution in [3.63, 3.8) is 0 Å². The lowest BCUT2D eigenvalue weighted by Gasteiger charge is -2.02. The number of halogens is 2. The van der Waals surface area contributed by atoms with Gasteiger partial charge in [-0.15, -0.1) is 0 Å². The van der Waals surface area contributed by atoms with Crippen molar-refractivity contribution in [1.29, 1.82) is 0 Å². The van der Waals surface area contributed by atoms with Gasteiger partial charge in [0.2, 0.25) is 0 Å². The number of nitro benzene ring substituents is 2. The molecule has 44 heavy (non-hydrogen) atoms. The second kappa shape index (κ2) is 15.6. The highest BCUT2D eigenvalue weighted by molar-refractivity contribution is 5.84. The van der Waals surface area contributed by atoms with Crippen LogP contribution in [0.2, 0.25) is 0 Å². The van der Waals surface area contributed by atoms with Crippen LogP contribution in [0.5, 0.6) is 0 Å². The number of carbonyl (C=O) groups is 2. The van der Waals surface area contributed by atoms with Gasteiger partial charge < -0.3 is 15.0 Å². The number of hydrogen-bond donors (Lipinski definition) is 2. The van der Waals surface area contributed by atoms with E-state index in [1.54, 1.807) is 49.1 Å². The Kier molecular flexibility index (Phi) is 11.5. The highest BCUT2D eigenvalue weighted by Crippen LogP contribution is 2.22. The van der Waals surface area contributed by atoms with E-state index in [0.29, 0.717) is 24.0 Å². The zero-order valence-corrected chi connectivity index (χ0v) is 22.4. The first-order chi connectivity index (χ1) is 21.2. The Balaban J connectivity index is 0.000000196. The van der Waals surface area contributed by atoms with Gasteiger partial charge in [0.15, 0.2) is 11.6 Å². The molecule has 3 N–H and O–H groups in total. The summed E-state index contributed by atoms with van der Waals surface area (Å²) in [6.07, 6.45) is 7.54. The Morgan fingerprint density at radius 1 is 0.841 bits per heavy atom. The molecule has 0 aliphatic heterocycles. The number of hydrogen-bond acceptors (Lipinski definition) is 11. The SMILES string of the molecule is NNc1ccc([N+](=O)[O-])cc1F.O=CC(C=O)c1ccccn1.O=[N+]([O-])c1ccc(-n2cc(-c3ccccn3)cn2)c(F)c1. The van der Waals surface area contributed by atoms with Gasteiger partial charge in [0, 0.05) is 36.3 Å². The standard InChI is InChI=1S/C14H9FN4O2.C8H7NO2.C6H6FN3O2/c15-12-7-11(19(20)21)4-5-14(12)18-9-10(8-17-18)13-3-1-2-6-16-13;10-5-7(6-11)8-3-1-2-4-9-8;7-5-3-4(10(11)12)1-2-6(5)9-8/h1-9H;1-7H;1-3,9H,8H2. The van der Waals surface area contributed by atoms with Gasteiger partial charge >= 0.3 is 0 Å². The third kappa shape index (κ3) is 8.60. The van der Waals surface area contributed by atoms with Crippen LogP contribution in [-0.2, 0) is 9.59 Å². The summed E-state index contributed by atoms with van der Waals surface area (Å²) in [4.78, 5) is 48.0. The van der Waals surface area contributed by atoms with Crippen LogP contribution in [0.25, 0.3) is 16.9 Å². The molecule has 0 unspecified atom stereocenters. The van der Waals surface area contributed by atoms with E-state index in [2.05, 4.69) is 20.5 Å². The molecule has 0 bridgehead atoms. The lowest BCUT2D eigenvalue weighted by Crippen LogP contribution is -2.08. The van der Waals surface area contributed by atoms with Gasteiger partial charge in [-0.1, -0.05) is 12.1 Å². The van der Waals surface area contributed by atoms with Gasteiger partial charge in [-0.25, -0.2) is 13.5 Å². The maximum Gasteiger partial charge on any atom is 0.272 e. The number of nitrogens with two attached hydrogens (primary N) is 1. The molecule has 0 atom stereocenters. The minimum atomic E-state index is -0.744. The number of benzene rings is 2. The summed E-state index contributed by atoms with van der Waals surface area (Å²) >= 11 is 0. The van der Waals surface area contributed by atoms with Crippen molar-refractivity contribution in [2.45, 2.75) is 5.92 Å². The van der Waals surface area contributed by atoms with E-state index in [4.69, 9.17) is 5.84 Å². The molecule has 14 nitrogen and oxygen atoms in total. The van der Waals surface area contributed by atoms with Crippen molar-refractivity contribution in [2.75, 3.05) is 5.43 Å². The molecule has 3 heterocycles. The molecule has 0 amide bonds. The van der Waals surface area contributed by atoms with Crippen LogP contribution in [0.3, 0.4) is 0 Å². The van der Waals surface area contributed by atoms with E-state index < -0.39 is 27.4 Å². The molecule has 0 radical (unpaired) electrons. The van der Waals surface area contributed by atoms with Crippen LogP contribution >= 0.6 is 0 Å². The van der Waals surface area contributed by atoms with E-state index in [-0.39, 0.29) is 22.7 Å². The molecular formula is C28H22F2N8O6. The van der Waals surface area contributed by atoms with E-state index in [0.717, 1.165) is 23.8 Å². The predicted octanol–water partition coefficient (Wildman–Crippen LogP) is 4.56. The monoisotopic (exact) mass is 604 g/mol. The zero-order valence-electron chi connectivity index (χ0n) is 22.4. The third-order valence-electron chi connectivity index (χ3n) is 5.57. The largest absolute Gasteiger partial charge is 0.321 e. The maximum atomic E-state index is 13.9. The molecule has 0 aliphatic carbocycles. The van der Waals surface area contributed by atoms with Crippen molar-refractivity contribution < 1.29 is 28.2 Å². The van der Waals surface area contributed by atoms with Crippen LogP contribution < -0.4 is 11.3 Å². The molecule has 3 aromatic heterocycles. The normalized spacial score (nSPS) is 10.0. The summed E-state index contributed by atoms with van der Waals surface area (Å²) in [6, 6.07) is 17.2. The number of nitrogen functional groups attached to an aromatic ring is 1. The van der Waals surface area contributed by atoms with Crippen LogP contribution in [-0.4, -0.2) is 42.2 Å². The number of nitrogens with one attached hydrogen (secondary N) is 1. The lowest BCUT2D eigenvalue weighted by atomic mass is 10.1. The van der Waals surface area contributed by atoms with Crippen molar-refractivity contribution in [1.82, 2.24) is 19.7 Å². The number of aldehydes is 2. The molecule has 224 valence electrons. The Morgan fingerprint density at radius 3 is 1.95 bits per heavy atom. The fourth-order valence-electron chi connectivity index (χ4n) is 3.39. The van der Waals surface area contributed by atoms with Crippen LogP contribution in [0.1, 0.15) is 11.6 Å². The number of nitro groups is 2. The second-order valence-corrected chi connectivity index (χ2v) is 8.40. The molecule has 2 aromatic carbocycles. The summed E-state index contributed by atoms with van der Waals surface area (Å²) < 4.78 is 28.0. The van der Waals surface area contributed by atoms with E-state index in [9.17, 15) is 38.6 Å². The van der Waals surface area contributed by atoms with Crippen molar-refractivity contribution in [3.8, 4) is 16.9 Å². The highest BCUT2D eigenvalue weighted by atomic mass is 19.1. The molecular weight excluding hydrogens is 582 g/mol. The predicted molar refractivity (Wildman–Crippen MR) is 153 cm³/mol. The number of non-ortho nitro benzene ring substituents is 2. The van der Waals surface area contributed by atoms with E-state index in [1.807, 2.05) is 12.1 Å². The summed E-state index contributed by atoms with van der Waals surface area (Å²) in [5.41, 5.74) is 3.58. The quantitative estimate of drug-likeness (QED) is 0.0826. The number of anilines is 1. The Bertz CT molecular complexity index is 1730. The average molecular weight is 605 g/mol. The number of pyridine rings is 2. The fraction of sp³-hybridized carbons (Fsp3) is 0.0357. The molecule has 0 saturated carbocycles. The minimum Gasteiger partial charge on any atom is -0.321 e. The lowest BCUT2D eigenvalue weighted by molar-refractivity contribution is -0.385. The van der Waals surface area contributed by atoms with Crippen LogP contribution in [0, 0.1) is 31.9 Å². The zero-order chi connectivity index (χ0) is 32.1. The third-order valence-corrected chi connectivity index (χ3v) is 5.57. The Hall–Kier alpha value is -6.29. The Morgan fingerprint density at radius 2 is 1.45 bits per heavy atom. The first-order valence-corrected chi connectivity index (χ1v) is 12.3. The van der Waals surface area contributed by atoms with E-state index >= 15 is 0 Å². The molecule has 0 fully saturated rings. The summed E-state index contributed by atoms with van der Waals surface area (Å²) in [7, 11) is 0. The number of hydrazine groups is 1. The molecule has 5 rings (SSSR count). The van der Waals surface area contributed by atoms with Gasteiger partial charge in [-0.2, -0.15) is 5.10 Å². The van der Waals surface area contributed by atoms with Gasteiger partial charge in [0.05, 0.1) is 45.3 Å². The number of nitrogens with zero attached hydrogens (tertiary/aromatic N) is 6. The number of aromatic nitrogens is 4. The summed E-state index contributed by atoms with van der Waals surface area (Å²) in [5.74, 6) is 2.75. The van der Waals surface area contributed by atoms with Crippen molar-refractivity contribution in [3.05, 3.63) is 135 Å². The van der Waals surface area contributed by atoms with Gasteiger partial charge in [0.1, 0.15) is 24.2 Å². The summed E-state index contributed by atoms with van der Waals surface area (Å²) in [6.45, 7) is 0. The number of carbonyl (C=O) groups excluding carboxylic acids is 2.